The van der Waals surface area contributed by atoms with Crippen LogP contribution in [0.3, 0.4) is 0 Å². The zero-order chi connectivity index (χ0) is 19.8. The summed E-state index contributed by atoms with van der Waals surface area (Å²) in [6.07, 6.45) is 1.40. The van der Waals surface area contributed by atoms with Crippen molar-refractivity contribution in [3.63, 3.8) is 0 Å². The minimum Gasteiger partial charge on any atom is -0.365 e. The summed E-state index contributed by atoms with van der Waals surface area (Å²) in [6, 6.07) is 9.95. The molecule has 1 amide bonds. The van der Waals surface area contributed by atoms with Gasteiger partial charge in [0.25, 0.3) is 15.9 Å². The smallest absolute Gasteiger partial charge is 0.262 e. The number of carbonyl (C=O) groups is 1. The number of anilines is 1. The monoisotopic (exact) mass is 421 g/mol. The minimum atomic E-state index is -3.79. The topological polar surface area (TPSA) is 102 Å². The van der Waals surface area contributed by atoms with Crippen molar-refractivity contribution in [1.82, 2.24) is 4.98 Å². The summed E-state index contributed by atoms with van der Waals surface area (Å²) in [7, 11) is -3.79. The van der Waals surface area contributed by atoms with Crippen LogP contribution in [0.2, 0.25) is 5.02 Å². The number of aromatic nitrogens is 1. The number of hydrogen-bond acceptors (Lipinski definition) is 5. The molecule has 0 fully saturated rings. The molecular weight excluding hydrogens is 406 g/mol. The SMILES string of the molecule is Cc1cc(S(=O)(=O)Nc2cccc(-c3ncc(C(N)=O)s3)c2)c(C)cc1Cl. The van der Waals surface area contributed by atoms with E-state index in [1.165, 1.54) is 6.20 Å². The minimum absolute atomic E-state index is 0.167. The highest BCUT2D eigenvalue weighted by Crippen LogP contribution is 2.29. The molecule has 0 unspecified atom stereocenters. The van der Waals surface area contributed by atoms with E-state index in [1.807, 2.05) is 0 Å². The average molecular weight is 422 g/mol. The van der Waals surface area contributed by atoms with Gasteiger partial charge in [0.15, 0.2) is 0 Å². The molecule has 0 aliphatic heterocycles. The van der Waals surface area contributed by atoms with Crippen molar-refractivity contribution in [3.8, 4) is 10.6 Å². The number of nitrogens with one attached hydrogen (secondary N) is 1. The predicted molar refractivity (Wildman–Crippen MR) is 108 cm³/mol. The van der Waals surface area contributed by atoms with Gasteiger partial charge in [-0.3, -0.25) is 9.52 Å². The van der Waals surface area contributed by atoms with Crippen LogP contribution in [-0.2, 0) is 10.0 Å². The Labute approximate surface area is 166 Å². The van der Waals surface area contributed by atoms with Crippen LogP contribution in [0, 0.1) is 13.8 Å². The molecule has 0 atom stereocenters. The Bertz CT molecular complexity index is 1140. The summed E-state index contributed by atoms with van der Waals surface area (Å²) in [5, 5.41) is 1.09. The Morgan fingerprint density at radius 3 is 2.59 bits per heavy atom. The number of halogens is 1. The van der Waals surface area contributed by atoms with Crippen molar-refractivity contribution in [2.75, 3.05) is 4.72 Å². The van der Waals surface area contributed by atoms with Crippen LogP contribution in [0.1, 0.15) is 20.8 Å². The predicted octanol–water partition coefficient (Wildman–Crippen LogP) is 3.98. The number of carbonyl (C=O) groups excluding carboxylic acids is 1. The first kappa shape index (κ1) is 19.3. The number of nitrogens with two attached hydrogens (primary N) is 1. The lowest BCUT2D eigenvalue weighted by Crippen LogP contribution is -2.14. The lowest BCUT2D eigenvalue weighted by atomic mass is 10.2. The average Bonchev–Trinajstić information content (AvgIpc) is 3.08. The summed E-state index contributed by atoms with van der Waals surface area (Å²) >= 11 is 7.20. The van der Waals surface area contributed by atoms with Crippen molar-refractivity contribution in [2.45, 2.75) is 18.7 Å². The number of rotatable bonds is 5. The van der Waals surface area contributed by atoms with E-state index >= 15 is 0 Å². The molecule has 9 heteroatoms. The van der Waals surface area contributed by atoms with Crippen molar-refractivity contribution in [3.05, 3.63) is 63.6 Å². The largest absolute Gasteiger partial charge is 0.365 e. The second-order valence-corrected chi connectivity index (χ2v) is 9.04. The molecule has 1 aromatic heterocycles. The number of thiazole rings is 1. The Morgan fingerprint density at radius 1 is 1.19 bits per heavy atom. The van der Waals surface area contributed by atoms with E-state index in [1.54, 1.807) is 50.2 Å². The summed E-state index contributed by atoms with van der Waals surface area (Å²) in [5.41, 5.74) is 7.55. The molecule has 3 N–H and O–H groups in total. The molecule has 140 valence electrons. The maximum absolute atomic E-state index is 12.8. The molecule has 2 aromatic carbocycles. The quantitative estimate of drug-likeness (QED) is 0.650. The van der Waals surface area contributed by atoms with Gasteiger partial charge < -0.3 is 5.73 Å². The lowest BCUT2D eigenvalue weighted by molar-refractivity contribution is 0.100. The van der Waals surface area contributed by atoms with Crippen molar-refractivity contribution in [1.29, 1.82) is 0 Å². The van der Waals surface area contributed by atoms with Crippen LogP contribution in [0.4, 0.5) is 5.69 Å². The van der Waals surface area contributed by atoms with E-state index in [4.69, 9.17) is 17.3 Å². The zero-order valence-corrected chi connectivity index (χ0v) is 16.9. The second kappa shape index (κ2) is 7.30. The molecule has 0 aliphatic rings. The third-order valence-electron chi connectivity index (χ3n) is 3.86. The fourth-order valence-corrected chi connectivity index (χ4v) is 4.84. The van der Waals surface area contributed by atoms with Gasteiger partial charge in [0, 0.05) is 16.3 Å². The number of nitrogens with zero attached hydrogens (tertiary/aromatic N) is 1. The normalized spacial score (nSPS) is 11.4. The van der Waals surface area contributed by atoms with Crippen LogP contribution < -0.4 is 10.5 Å². The molecule has 0 radical (unpaired) electrons. The first-order chi connectivity index (χ1) is 12.7. The maximum Gasteiger partial charge on any atom is 0.262 e. The number of amides is 1. The van der Waals surface area contributed by atoms with Gasteiger partial charge in [0.1, 0.15) is 9.88 Å². The number of sulfonamides is 1. The van der Waals surface area contributed by atoms with Gasteiger partial charge in [-0.05, 0) is 49.2 Å². The Kier molecular flexibility index (Phi) is 5.23. The lowest BCUT2D eigenvalue weighted by Gasteiger charge is -2.12. The summed E-state index contributed by atoms with van der Waals surface area (Å²) in [5.74, 6) is -0.552. The number of primary amides is 1. The summed E-state index contributed by atoms with van der Waals surface area (Å²) < 4.78 is 28.2. The van der Waals surface area contributed by atoms with E-state index in [2.05, 4.69) is 9.71 Å². The number of benzene rings is 2. The highest BCUT2D eigenvalue weighted by atomic mass is 35.5. The van der Waals surface area contributed by atoms with Crippen LogP contribution in [0.25, 0.3) is 10.6 Å². The van der Waals surface area contributed by atoms with E-state index in [0.29, 0.717) is 37.3 Å². The van der Waals surface area contributed by atoms with E-state index in [-0.39, 0.29) is 4.90 Å². The molecule has 0 saturated heterocycles. The molecule has 3 rings (SSSR count). The van der Waals surface area contributed by atoms with Crippen molar-refractivity contribution < 1.29 is 13.2 Å². The van der Waals surface area contributed by atoms with Gasteiger partial charge in [0.05, 0.1) is 11.1 Å². The fourth-order valence-electron chi connectivity index (χ4n) is 2.49. The molecule has 27 heavy (non-hydrogen) atoms. The van der Waals surface area contributed by atoms with Gasteiger partial charge in [-0.1, -0.05) is 23.7 Å². The van der Waals surface area contributed by atoms with Gasteiger partial charge in [-0.2, -0.15) is 0 Å². The first-order valence-electron chi connectivity index (χ1n) is 7.83. The number of aryl methyl sites for hydroxylation is 2. The summed E-state index contributed by atoms with van der Waals surface area (Å²) in [6.45, 7) is 3.44. The van der Waals surface area contributed by atoms with E-state index < -0.39 is 15.9 Å². The molecule has 0 saturated carbocycles. The first-order valence-corrected chi connectivity index (χ1v) is 10.5. The number of hydrogen-bond donors (Lipinski definition) is 2. The van der Waals surface area contributed by atoms with E-state index in [9.17, 15) is 13.2 Å². The van der Waals surface area contributed by atoms with E-state index in [0.717, 1.165) is 11.3 Å². The Hall–Kier alpha value is -2.42. The highest BCUT2D eigenvalue weighted by Gasteiger charge is 2.19. The third-order valence-corrected chi connectivity index (χ3v) is 6.85. The standard InChI is InChI=1S/C18H16ClN3O3S2/c1-10-7-16(11(2)6-14(10)19)27(24,25)22-13-5-3-4-12(8-13)18-21-9-15(26-18)17(20)23/h3-9,22H,1-2H3,(H2,20,23). The van der Waals surface area contributed by atoms with Crippen LogP contribution in [0.5, 0.6) is 0 Å². The fraction of sp³-hybridized carbons (Fsp3) is 0.111. The van der Waals surface area contributed by atoms with Gasteiger partial charge in [-0.25, -0.2) is 13.4 Å². The third kappa shape index (κ3) is 4.13. The van der Waals surface area contributed by atoms with Crippen molar-refractivity contribution >= 4 is 44.6 Å². The molecule has 1 heterocycles. The van der Waals surface area contributed by atoms with Gasteiger partial charge >= 0.3 is 0 Å². The molecule has 3 aromatic rings. The molecule has 0 bridgehead atoms. The summed E-state index contributed by atoms with van der Waals surface area (Å²) in [4.78, 5) is 15.9. The molecule has 0 spiro atoms. The maximum atomic E-state index is 12.8. The Morgan fingerprint density at radius 2 is 1.93 bits per heavy atom. The molecule has 0 aliphatic carbocycles. The molecular formula is C18H16ClN3O3S2. The molecule has 6 nitrogen and oxygen atoms in total. The Balaban J connectivity index is 1.94. The van der Waals surface area contributed by atoms with Gasteiger partial charge in [-0.15, -0.1) is 11.3 Å². The van der Waals surface area contributed by atoms with Crippen LogP contribution in [0.15, 0.2) is 47.5 Å². The van der Waals surface area contributed by atoms with Crippen LogP contribution >= 0.6 is 22.9 Å². The highest BCUT2D eigenvalue weighted by molar-refractivity contribution is 7.92. The van der Waals surface area contributed by atoms with Crippen LogP contribution in [-0.4, -0.2) is 19.3 Å². The second-order valence-electron chi connectivity index (χ2n) is 5.95. The van der Waals surface area contributed by atoms with Gasteiger partial charge in [0.2, 0.25) is 0 Å². The van der Waals surface area contributed by atoms with Crippen molar-refractivity contribution in [2.24, 2.45) is 5.73 Å². The zero-order valence-electron chi connectivity index (χ0n) is 14.5.